The van der Waals surface area contributed by atoms with Gasteiger partial charge < -0.3 is 15.0 Å². The SMILES string of the molecule is Cn1nc(C2CC2)cc1Oc1cc(C#N)ccc1-c1cccc2c(N)noc12. The number of hydrogen-bond donors (Lipinski definition) is 1. The van der Waals surface area contributed by atoms with Crippen molar-refractivity contribution in [3.05, 3.63) is 53.7 Å². The number of para-hydroxylation sites is 1. The highest BCUT2D eigenvalue weighted by molar-refractivity contribution is 5.98. The van der Waals surface area contributed by atoms with Gasteiger partial charge in [-0.2, -0.15) is 10.4 Å². The van der Waals surface area contributed by atoms with Gasteiger partial charge in [-0.25, -0.2) is 4.68 Å². The number of fused-ring (bicyclic) bond motifs is 1. The molecule has 2 heterocycles. The molecule has 1 aliphatic carbocycles. The maximum absolute atomic E-state index is 9.34. The predicted molar refractivity (Wildman–Crippen MR) is 104 cm³/mol. The summed E-state index contributed by atoms with van der Waals surface area (Å²) in [6, 6.07) is 15.1. The van der Waals surface area contributed by atoms with Crippen LogP contribution in [0.15, 0.2) is 47.0 Å². The fourth-order valence-corrected chi connectivity index (χ4v) is 3.35. The molecule has 138 valence electrons. The standard InChI is InChI=1S/C21H17N5O2/c1-26-19(10-17(24-26)13-6-7-13)27-18-9-12(11-22)5-8-14(18)15-3-2-4-16-20(15)28-25-21(16)23/h2-5,8-10,13H,6-7H2,1H3,(H2,23,25). The Hall–Kier alpha value is -3.79. The molecule has 0 unspecified atom stereocenters. The van der Waals surface area contributed by atoms with Crippen LogP contribution in [0.3, 0.4) is 0 Å². The molecule has 2 N–H and O–H groups in total. The molecular formula is C21H17N5O2. The van der Waals surface area contributed by atoms with Crippen molar-refractivity contribution in [3.63, 3.8) is 0 Å². The monoisotopic (exact) mass is 371 g/mol. The maximum atomic E-state index is 9.34. The number of benzene rings is 2. The first-order chi connectivity index (χ1) is 13.6. The summed E-state index contributed by atoms with van der Waals surface area (Å²) < 4.78 is 13.4. The zero-order chi connectivity index (χ0) is 19.3. The average Bonchev–Trinajstić information content (AvgIpc) is 3.41. The zero-order valence-corrected chi connectivity index (χ0v) is 15.2. The molecule has 0 spiro atoms. The average molecular weight is 371 g/mol. The van der Waals surface area contributed by atoms with Gasteiger partial charge in [-0.3, -0.25) is 0 Å². The third kappa shape index (κ3) is 2.67. The minimum Gasteiger partial charge on any atom is -0.439 e. The van der Waals surface area contributed by atoms with E-state index in [0.29, 0.717) is 34.5 Å². The molecule has 7 nitrogen and oxygen atoms in total. The fraction of sp³-hybridized carbons (Fsp3) is 0.190. The van der Waals surface area contributed by atoms with Crippen LogP contribution >= 0.6 is 0 Å². The number of nitriles is 1. The maximum Gasteiger partial charge on any atom is 0.217 e. The number of nitrogen functional groups attached to an aromatic ring is 1. The number of rotatable bonds is 4. The molecule has 0 bridgehead atoms. The van der Waals surface area contributed by atoms with Crippen molar-refractivity contribution in [2.24, 2.45) is 7.05 Å². The molecule has 0 saturated heterocycles. The van der Waals surface area contributed by atoms with E-state index in [1.54, 1.807) is 16.8 Å². The lowest BCUT2D eigenvalue weighted by atomic mass is 10.0. The van der Waals surface area contributed by atoms with Crippen LogP contribution in [-0.2, 0) is 7.05 Å². The van der Waals surface area contributed by atoms with Crippen molar-refractivity contribution >= 4 is 16.8 Å². The Labute approximate surface area is 160 Å². The Morgan fingerprint density at radius 2 is 2.07 bits per heavy atom. The highest BCUT2D eigenvalue weighted by Crippen LogP contribution is 2.42. The summed E-state index contributed by atoms with van der Waals surface area (Å²) in [7, 11) is 1.85. The molecule has 0 amide bonds. The van der Waals surface area contributed by atoms with Crippen LogP contribution in [-0.4, -0.2) is 14.9 Å². The first-order valence-electron chi connectivity index (χ1n) is 9.04. The molecule has 7 heteroatoms. The van der Waals surface area contributed by atoms with Crippen LogP contribution in [0, 0.1) is 11.3 Å². The molecule has 28 heavy (non-hydrogen) atoms. The third-order valence-corrected chi connectivity index (χ3v) is 4.99. The van der Waals surface area contributed by atoms with Crippen molar-refractivity contribution < 1.29 is 9.26 Å². The minimum absolute atomic E-state index is 0.341. The van der Waals surface area contributed by atoms with Crippen LogP contribution in [0.25, 0.3) is 22.1 Å². The minimum atomic E-state index is 0.341. The highest BCUT2D eigenvalue weighted by Gasteiger charge is 2.27. The van der Waals surface area contributed by atoms with Gasteiger partial charge in [0.1, 0.15) is 5.75 Å². The van der Waals surface area contributed by atoms with Crippen LogP contribution < -0.4 is 10.5 Å². The number of aryl methyl sites for hydroxylation is 1. The molecule has 1 fully saturated rings. The van der Waals surface area contributed by atoms with Crippen molar-refractivity contribution in [1.82, 2.24) is 14.9 Å². The van der Waals surface area contributed by atoms with Crippen LogP contribution in [0.5, 0.6) is 11.6 Å². The summed E-state index contributed by atoms with van der Waals surface area (Å²) in [5.41, 5.74) is 9.61. The molecule has 2 aromatic carbocycles. The molecule has 4 aromatic rings. The topological polar surface area (TPSA) is 103 Å². The van der Waals surface area contributed by atoms with Crippen LogP contribution in [0.2, 0.25) is 0 Å². The predicted octanol–water partition coefficient (Wildman–Crippen LogP) is 4.35. The van der Waals surface area contributed by atoms with Gasteiger partial charge in [0.2, 0.25) is 5.88 Å². The smallest absolute Gasteiger partial charge is 0.217 e. The lowest BCUT2D eigenvalue weighted by molar-refractivity contribution is 0.431. The second kappa shape index (κ2) is 6.13. The molecule has 1 saturated carbocycles. The van der Waals surface area contributed by atoms with E-state index in [0.717, 1.165) is 22.2 Å². The molecule has 2 aromatic heterocycles. The number of hydrogen-bond acceptors (Lipinski definition) is 6. The van der Waals surface area contributed by atoms with Gasteiger partial charge in [-0.05, 0) is 37.1 Å². The lowest BCUT2D eigenvalue weighted by Gasteiger charge is -2.12. The van der Waals surface area contributed by atoms with Crippen LogP contribution in [0.1, 0.15) is 30.0 Å². The highest BCUT2D eigenvalue weighted by atomic mass is 16.5. The summed E-state index contributed by atoms with van der Waals surface area (Å²) in [5, 5.41) is 18.5. The van der Waals surface area contributed by atoms with E-state index in [1.165, 1.54) is 12.8 Å². The van der Waals surface area contributed by atoms with Gasteiger partial charge >= 0.3 is 0 Å². The number of ether oxygens (including phenoxy) is 1. The van der Waals surface area contributed by atoms with E-state index in [1.807, 2.05) is 37.4 Å². The lowest BCUT2D eigenvalue weighted by Crippen LogP contribution is -1.97. The summed E-state index contributed by atoms with van der Waals surface area (Å²) in [6.45, 7) is 0. The molecular weight excluding hydrogens is 354 g/mol. The Balaban J connectivity index is 1.64. The number of nitrogens with zero attached hydrogens (tertiary/aromatic N) is 4. The second-order valence-electron chi connectivity index (χ2n) is 6.98. The van der Waals surface area contributed by atoms with Crippen molar-refractivity contribution in [3.8, 4) is 28.8 Å². The molecule has 5 rings (SSSR count). The van der Waals surface area contributed by atoms with E-state index < -0.39 is 0 Å². The summed E-state index contributed by atoms with van der Waals surface area (Å²) in [4.78, 5) is 0. The van der Waals surface area contributed by atoms with Gasteiger partial charge in [0.25, 0.3) is 0 Å². The number of aromatic nitrogens is 3. The van der Waals surface area contributed by atoms with Crippen molar-refractivity contribution in [1.29, 1.82) is 5.26 Å². The normalized spacial score (nSPS) is 13.6. The number of anilines is 1. The number of nitrogens with two attached hydrogens (primary N) is 1. The van der Waals surface area contributed by atoms with Gasteiger partial charge in [0.05, 0.1) is 22.7 Å². The molecule has 0 aliphatic heterocycles. The summed E-state index contributed by atoms with van der Waals surface area (Å²) in [5.74, 6) is 2.04. The van der Waals surface area contributed by atoms with E-state index in [4.69, 9.17) is 15.0 Å². The summed E-state index contributed by atoms with van der Waals surface area (Å²) in [6.07, 6.45) is 2.33. The molecule has 1 aliphatic rings. The Morgan fingerprint density at radius 3 is 2.86 bits per heavy atom. The Bertz CT molecular complexity index is 1240. The largest absolute Gasteiger partial charge is 0.439 e. The molecule has 0 radical (unpaired) electrons. The first-order valence-corrected chi connectivity index (χ1v) is 9.04. The van der Waals surface area contributed by atoms with E-state index in [-0.39, 0.29) is 0 Å². The van der Waals surface area contributed by atoms with Gasteiger partial charge in [0, 0.05) is 30.2 Å². The van der Waals surface area contributed by atoms with Gasteiger partial charge in [-0.15, -0.1) is 0 Å². The third-order valence-electron chi connectivity index (χ3n) is 4.99. The second-order valence-corrected chi connectivity index (χ2v) is 6.98. The quantitative estimate of drug-likeness (QED) is 0.572. The van der Waals surface area contributed by atoms with Crippen LogP contribution in [0.4, 0.5) is 5.82 Å². The van der Waals surface area contributed by atoms with Gasteiger partial charge in [0.15, 0.2) is 11.4 Å². The fourth-order valence-electron chi connectivity index (χ4n) is 3.35. The van der Waals surface area contributed by atoms with Crippen molar-refractivity contribution in [2.45, 2.75) is 18.8 Å². The first kappa shape index (κ1) is 16.4. The van der Waals surface area contributed by atoms with E-state index in [9.17, 15) is 5.26 Å². The van der Waals surface area contributed by atoms with E-state index >= 15 is 0 Å². The Morgan fingerprint density at radius 1 is 1.21 bits per heavy atom. The van der Waals surface area contributed by atoms with Crippen molar-refractivity contribution in [2.75, 3.05) is 5.73 Å². The zero-order valence-electron chi connectivity index (χ0n) is 15.2. The molecule has 0 atom stereocenters. The van der Waals surface area contributed by atoms with E-state index in [2.05, 4.69) is 16.3 Å². The Kier molecular flexibility index (Phi) is 3.59. The summed E-state index contributed by atoms with van der Waals surface area (Å²) >= 11 is 0. The van der Waals surface area contributed by atoms with Gasteiger partial charge in [-0.1, -0.05) is 17.3 Å².